The summed E-state index contributed by atoms with van der Waals surface area (Å²) in [5.41, 5.74) is -0.233. The van der Waals surface area contributed by atoms with Crippen LogP contribution in [0.1, 0.15) is 19.4 Å². The summed E-state index contributed by atoms with van der Waals surface area (Å²) in [5, 5.41) is 18.5. The van der Waals surface area contributed by atoms with Crippen LogP contribution in [0.5, 0.6) is 0 Å². The maximum Gasteiger partial charge on any atom is 0.375 e. The Morgan fingerprint density at radius 2 is 1.90 bits per heavy atom. The SMILES string of the molecule is CCOP(=O)(OCC)C(C#N)=C(O)c1ccccc1F. The second kappa shape index (κ2) is 7.20. The maximum atomic E-state index is 13.6. The Balaban J connectivity index is 3.42. The molecular weight excluding hydrogens is 284 g/mol. The van der Waals surface area contributed by atoms with Gasteiger partial charge in [0.25, 0.3) is 0 Å². The number of aliphatic hydroxyl groups excluding tert-OH is 1. The van der Waals surface area contributed by atoms with Gasteiger partial charge in [-0.1, -0.05) is 12.1 Å². The molecule has 1 aromatic rings. The highest BCUT2D eigenvalue weighted by atomic mass is 31.2. The molecule has 0 aliphatic carbocycles. The van der Waals surface area contributed by atoms with E-state index in [1.54, 1.807) is 19.9 Å². The lowest BCUT2D eigenvalue weighted by atomic mass is 10.1. The van der Waals surface area contributed by atoms with Crippen LogP contribution in [0.4, 0.5) is 4.39 Å². The highest BCUT2D eigenvalue weighted by Gasteiger charge is 2.34. The van der Waals surface area contributed by atoms with Gasteiger partial charge in [-0.2, -0.15) is 5.26 Å². The molecule has 0 bridgehead atoms. The second-order valence-electron chi connectivity index (χ2n) is 3.62. The van der Waals surface area contributed by atoms with Crippen LogP contribution >= 0.6 is 7.60 Å². The fourth-order valence-electron chi connectivity index (χ4n) is 1.53. The first-order chi connectivity index (χ1) is 9.50. The molecule has 1 aromatic carbocycles. The van der Waals surface area contributed by atoms with E-state index in [1.165, 1.54) is 18.2 Å². The highest BCUT2D eigenvalue weighted by molar-refractivity contribution is 7.59. The first-order valence-corrected chi connectivity index (χ1v) is 7.52. The number of aliphatic hydroxyl groups is 1. The Bertz CT molecular complexity index is 584. The fourth-order valence-corrected chi connectivity index (χ4v) is 3.05. The van der Waals surface area contributed by atoms with Gasteiger partial charge in [-0.25, -0.2) is 4.39 Å². The molecule has 108 valence electrons. The lowest BCUT2D eigenvalue weighted by Crippen LogP contribution is -2.01. The topological polar surface area (TPSA) is 79.5 Å². The number of nitrogens with zero attached hydrogens (tertiary/aromatic N) is 1. The number of allylic oxidation sites excluding steroid dienone is 1. The van der Waals surface area contributed by atoms with Crippen LogP contribution in [-0.2, 0) is 13.6 Å². The fraction of sp³-hybridized carbons (Fsp3) is 0.308. The van der Waals surface area contributed by atoms with Gasteiger partial charge in [-0.05, 0) is 26.0 Å². The van der Waals surface area contributed by atoms with Crippen molar-refractivity contribution in [3.8, 4) is 6.07 Å². The van der Waals surface area contributed by atoms with Crippen molar-refractivity contribution in [2.24, 2.45) is 0 Å². The predicted molar refractivity (Wildman–Crippen MR) is 72.4 cm³/mol. The molecule has 7 heteroatoms. The highest BCUT2D eigenvalue weighted by Crippen LogP contribution is 2.57. The summed E-state index contributed by atoms with van der Waals surface area (Å²) in [6, 6.07) is 6.89. The zero-order valence-electron chi connectivity index (χ0n) is 11.2. The molecule has 5 nitrogen and oxygen atoms in total. The van der Waals surface area contributed by atoms with Crippen LogP contribution in [-0.4, -0.2) is 18.3 Å². The summed E-state index contributed by atoms with van der Waals surface area (Å²) < 4.78 is 36.0. The van der Waals surface area contributed by atoms with Gasteiger partial charge in [-0.3, -0.25) is 4.57 Å². The van der Waals surface area contributed by atoms with E-state index in [1.807, 2.05) is 0 Å². The van der Waals surface area contributed by atoms with Gasteiger partial charge in [0.1, 0.15) is 11.9 Å². The molecule has 0 atom stereocenters. The smallest absolute Gasteiger partial charge is 0.375 e. The van der Waals surface area contributed by atoms with E-state index in [-0.39, 0.29) is 18.8 Å². The van der Waals surface area contributed by atoms with E-state index in [4.69, 9.17) is 14.3 Å². The predicted octanol–water partition coefficient (Wildman–Crippen LogP) is 3.84. The number of rotatable bonds is 6. The quantitative estimate of drug-likeness (QED) is 0.490. The van der Waals surface area contributed by atoms with E-state index in [9.17, 15) is 14.1 Å². The summed E-state index contributed by atoms with van der Waals surface area (Å²) in [6.07, 6.45) is 0. The molecule has 1 N–H and O–H groups in total. The summed E-state index contributed by atoms with van der Waals surface area (Å²) in [4.78, 5) is 0. The second-order valence-corrected chi connectivity index (χ2v) is 5.58. The minimum absolute atomic E-state index is 0.0208. The van der Waals surface area contributed by atoms with Gasteiger partial charge in [0.2, 0.25) is 0 Å². The first kappa shape index (κ1) is 16.4. The van der Waals surface area contributed by atoms with Crippen molar-refractivity contribution in [1.82, 2.24) is 0 Å². The van der Waals surface area contributed by atoms with Crippen molar-refractivity contribution >= 4 is 13.4 Å². The van der Waals surface area contributed by atoms with Gasteiger partial charge in [-0.15, -0.1) is 0 Å². The molecule has 0 aliphatic rings. The summed E-state index contributed by atoms with van der Waals surface area (Å²) in [6.45, 7) is 3.18. The first-order valence-electron chi connectivity index (χ1n) is 5.98. The standard InChI is InChI=1S/C13H15FNO4P/c1-3-18-20(17,19-4-2)12(9-15)13(16)10-7-5-6-8-11(10)14/h5-8,16H,3-4H2,1-2H3. The van der Waals surface area contributed by atoms with Crippen molar-refractivity contribution in [3.05, 3.63) is 41.0 Å². The number of benzene rings is 1. The van der Waals surface area contributed by atoms with Crippen molar-refractivity contribution in [2.75, 3.05) is 13.2 Å². The third kappa shape index (κ3) is 3.45. The number of nitriles is 1. The Labute approximate surface area is 116 Å². The summed E-state index contributed by atoms with van der Waals surface area (Å²) in [5.74, 6) is -1.48. The molecule has 0 heterocycles. The molecule has 0 saturated carbocycles. The molecule has 0 saturated heterocycles. The van der Waals surface area contributed by atoms with Crippen molar-refractivity contribution in [2.45, 2.75) is 13.8 Å². The minimum Gasteiger partial charge on any atom is -0.505 e. The van der Waals surface area contributed by atoms with Gasteiger partial charge in [0.05, 0.1) is 18.8 Å². The van der Waals surface area contributed by atoms with E-state index in [0.29, 0.717) is 0 Å². The number of halogens is 1. The summed E-state index contributed by atoms with van der Waals surface area (Å²) in [7, 11) is -3.97. The van der Waals surface area contributed by atoms with E-state index in [2.05, 4.69) is 0 Å². The van der Waals surface area contributed by atoms with Crippen LogP contribution in [0.25, 0.3) is 5.76 Å². The molecule has 20 heavy (non-hydrogen) atoms. The summed E-state index contributed by atoms with van der Waals surface area (Å²) >= 11 is 0. The third-order valence-electron chi connectivity index (χ3n) is 2.33. The molecule has 1 rings (SSSR count). The van der Waals surface area contributed by atoms with Crippen LogP contribution in [0.3, 0.4) is 0 Å². The maximum absolute atomic E-state index is 13.6. The van der Waals surface area contributed by atoms with Gasteiger partial charge in [0.15, 0.2) is 11.1 Å². The molecular formula is C13H15FNO4P. The van der Waals surface area contributed by atoms with Crippen LogP contribution < -0.4 is 0 Å². The molecule has 0 radical (unpaired) electrons. The normalized spacial score (nSPS) is 12.7. The third-order valence-corrected chi connectivity index (χ3v) is 4.39. The molecule has 0 spiro atoms. The largest absolute Gasteiger partial charge is 0.505 e. The van der Waals surface area contributed by atoms with Crippen molar-refractivity contribution < 1.29 is 23.1 Å². The van der Waals surface area contributed by atoms with Crippen LogP contribution in [0.15, 0.2) is 29.6 Å². The molecule has 0 aromatic heterocycles. The van der Waals surface area contributed by atoms with Crippen LogP contribution in [0.2, 0.25) is 0 Å². The van der Waals surface area contributed by atoms with Gasteiger partial charge in [0, 0.05) is 0 Å². The molecule has 0 amide bonds. The van der Waals surface area contributed by atoms with Crippen molar-refractivity contribution in [3.63, 3.8) is 0 Å². The molecule has 0 fully saturated rings. The van der Waals surface area contributed by atoms with E-state index < -0.39 is 24.5 Å². The Morgan fingerprint density at radius 1 is 1.35 bits per heavy atom. The Kier molecular flexibility index (Phi) is 5.90. The van der Waals surface area contributed by atoms with E-state index in [0.717, 1.165) is 6.07 Å². The minimum atomic E-state index is -3.97. The lowest BCUT2D eigenvalue weighted by Gasteiger charge is -2.17. The monoisotopic (exact) mass is 299 g/mol. The average molecular weight is 299 g/mol. The van der Waals surface area contributed by atoms with Gasteiger partial charge < -0.3 is 14.2 Å². The van der Waals surface area contributed by atoms with Gasteiger partial charge >= 0.3 is 7.60 Å². The average Bonchev–Trinajstić information content (AvgIpc) is 2.40. The zero-order valence-corrected chi connectivity index (χ0v) is 12.1. The van der Waals surface area contributed by atoms with Crippen LogP contribution in [0, 0.1) is 17.1 Å². The number of hydrogen-bond donors (Lipinski definition) is 1. The molecule has 0 unspecified atom stereocenters. The zero-order chi connectivity index (χ0) is 15.2. The molecule has 0 aliphatic heterocycles. The van der Waals surface area contributed by atoms with Crippen molar-refractivity contribution in [1.29, 1.82) is 5.26 Å². The Morgan fingerprint density at radius 3 is 2.35 bits per heavy atom. The Hall–Kier alpha value is -1.67. The number of hydrogen-bond acceptors (Lipinski definition) is 5. The lowest BCUT2D eigenvalue weighted by molar-refractivity contribution is 0.227. The van der Waals surface area contributed by atoms with E-state index >= 15 is 0 Å².